The fraction of sp³-hybridized carbons (Fsp3) is 0.641. The van der Waals surface area contributed by atoms with Gasteiger partial charge in [0.15, 0.2) is 6.10 Å². The molecular formula is C64H104O6. The SMILES string of the molecule is CC\C=C/C=C\C=C/CCCCCCCCCC(=O)OCC(COC(=O)CCCCCCCCCCC/C=C\C/C=C\C/C=C\CC)OC(=O)CCCCCCC\C=C/C=C\C=C/C=C\CCCCC. The second-order valence-corrected chi connectivity index (χ2v) is 18.6. The summed E-state index contributed by atoms with van der Waals surface area (Å²) < 4.78 is 16.8. The van der Waals surface area contributed by atoms with Gasteiger partial charge in [-0.25, -0.2) is 0 Å². The first-order chi connectivity index (χ1) is 34.5. The van der Waals surface area contributed by atoms with E-state index >= 15 is 0 Å². The molecule has 0 N–H and O–H groups in total. The van der Waals surface area contributed by atoms with Gasteiger partial charge in [-0.2, -0.15) is 0 Å². The number of unbranched alkanes of at least 4 members (excludes halogenated alkanes) is 24. The zero-order chi connectivity index (χ0) is 50.7. The van der Waals surface area contributed by atoms with Gasteiger partial charge in [-0.1, -0.05) is 251 Å². The van der Waals surface area contributed by atoms with Crippen molar-refractivity contribution in [2.45, 2.75) is 252 Å². The van der Waals surface area contributed by atoms with Gasteiger partial charge in [-0.05, 0) is 96.3 Å². The molecule has 0 bridgehead atoms. The quantitative estimate of drug-likeness (QED) is 0.0199. The van der Waals surface area contributed by atoms with E-state index in [1.807, 2.05) is 0 Å². The minimum atomic E-state index is -0.802. The molecular weight excluding hydrogens is 865 g/mol. The van der Waals surface area contributed by atoms with Gasteiger partial charge in [0.1, 0.15) is 13.2 Å². The number of esters is 3. The molecule has 0 aliphatic heterocycles. The molecule has 0 fully saturated rings. The second-order valence-electron chi connectivity index (χ2n) is 18.6. The van der Waals surface area contributed by atoms with E-state index in [4.69, 9.17) is 14.2 Å². The van der Waals surface area contributed by atoms with E-state index in [0.717, 1.165) is 116 Å². The van der Waals surface area contributed by atoms with Crippen molar-refractivity contribution >= 4 is 17.9 Å². The highest BCUT2D eigenvalue weighted by molar-refractivity contribution is 5.71. The van der Waals surface area contributed by atoms with Crippen LogP contribution in [0, 0.1) is 0 Å². The highest BCUT2D eigenvalue weighted by atomic mass is 16.6. The fourth-order valence-corrected chi connectivity index (χ4v) is 7.59. The summed E-state index contributed by atoms with van der Waals surface area (Å²) in [5, 5.41) is 0. The molecule has 396 valence electrons. The molecule has 1 unspecified atom stereocenters. The first-order valence-electron chi connectivity index (χ1n) is 28.6. The van der Waals surface area contributed by atoms with Crippen molar-refractivity contribution in [2.24, 2.45) is 0 Å². The molecule has 0 aromatic rings. The van der Waals surface area contributed by atoms with E-state index < -0.39 is 6.10 Å². The minimum absolute atomic E-state index is 0.0976. The predicted molar refractivity (Wildman–Crippen MR) is 302 cm³/mol. The van der Waals surface area contributed by atoms with Crippen LogP contribution in [0.3, 0.4) is 0 Å². The molecule has 6 nitrogen and oxygen atoms in total. The molecule has 6 heteroatoms. The van der Waals surface area contributed by atoms with Crippen LogP contribution in [-0.4, -0.2) is 37.2 Å². The van der Waals surface area contributed by atoms with Crippen molar-refractivity contribution in [2.75, 3.05) is 13.2 Å². The van der Waals surface area contributed by atoms with Crippen LogP contribution in [0.15, 0.2) is 122 Å². The monoisotopic (exact) mass is 969 g/mol. The number of hydrogen-bond donors (Lipinski definition) is 0. The topological polar surface area (TPSA) is 78.9 Å². The zero-order valence-corrected chi connectivity index (χ0v) is 45.2. The summed E-state index contributed by atoms with van der Waals surface area (Å²) in [6.07, 6.45) is 78.9. The highest BCUT2D eigenvalue weighted by Crippen LogP contribution is 2.15. The average molecular weight is 970 g/mol. The Morgan fingerprint density at radius 3 is 1.04 bits per heavy atom. The number of rotatable bonds is 50. The van der Waals surface area contributed by atoms with Crippen LogP contribution in [0.1, 0.15) is 245 Å². The maximum atomic E-state index is 12.9. The third kappa shape index (κ3) is 54.7. The maximum Gasteiger partial charge on any atom is 0.306 e. The number of hydrogen-bond acceptors (Lipinski definition) is 6. The van der Waals surface area contributed by atoms with Gasteiger partial charge in [-0.3, -0.25) is 14.4 Å². The van der Waals surface area contributed by atoms with Crippen LogP contribution in [-0.2, 0) is 28.6 Å². The lowest BCUT2D eigenvalue weighted by Crippen LogP contribution is -2.30. The van der Waals surface area contributed by atoms with Crippen LogP contribution in [0.2, 0.25) is 0 Å². The van der Waals surface area contributed by atoms with E-state index in [-0.39, 0.29) is 31.1 Å². The summed E-state index contributed by atoms with van der Waals surface area (Å²) in [6.45, 7) is 6.33. The molecule has 0 saturated heterocycles. The van der Waals surface area contributed by atoms with Crippen molar-refractivity contribution in [1.29, 1.82) is 0 Å². The fourth-order valence-electron chi connectivity index (χ4n) is 7.59. The average Bonchev–Trinajstić information content (AvgIpc) is 3.36. The van der Waals surface area contributed by atoms with Gasteiger partial charge in [0, 0.05) is 19.3 Å². The summed E-state index contributed by atoms with van der Waals surface area (Å²) in [7, 11) is 0. The van der Waals surface area contributed by atoms with Crippen molar-refractivity contribution in [3.05, 3.63) is 122 Å². The first-order valence-corrected chi connectivity index (χ1v) is 28.6. The summed E-state index contributed by atoms with van der Waals surface area (Å²) in [4.78, 5) is 38.2. The van der Waals surface area contributed by atoms with Crippen LogP contribution in [0.4, 0.5) is 0 Å². The number of allylic oxidation sites excluding steroid dienone is 20. The minimum Gasteiger partial charge on any atom is -0.462 e. The Morgan fingerprint density at radius 1 is 0.314 bits per heavy atom. The van der Waals surface area contributed by atoms with Crippen molar-refractivity contribution in [1.82, 2.24) is 0 Å². The summed E-state index contributed by atoms with van der Waals surface area (Å²) in [5.74, 6) is -0.939. The van der Waals surface area contributed by atoms with Crippen molar-refractivity contribution in [3.8, 4) is 0 Å². The van der Waals surface area contributed by atoms with Gasteiger partial charge in [-0.15, -0.1) is 0 Å². The molecule has 0 aromatic heterocycles. The molecule has 0 saturated carbocycles. The van der Waals surface area contributed by atoms with Gasteiger partial charge in [0.25, 0.3) is 0 Å². The van der Waals surface area contributed by atoms with Gasteiger partial charge >= 0.3 is 17.9 Å². The molecule has 0 radical (unpaired) electrons. The lowest BCUT2D eigenvalue weighted by Gasteiger charge is -2.18. The zero-order valence-electron chi connectivity index (χ0n) is 45.2. The maximum absolute atomic E-state index is 12.9. The van der Waals surface area contributed by atoms with Gasteiger partial charge in [0.05, 0.1) is 0 Å². The predicted octanol–water partition coefficient (Wildman–Crippen LogP) is 19.3. The summed E-state index contributed by atoms with van der Waals surface area (Å²) in [5.41, 5.74) is 0. The van der Waals surface area contributed by atoms with Crippen molar-refractivity contribution in [3.63, 3.8) is 0 Å². The Labute approximate surface area is 431 Å². The van der Waals surface area contributed by atoms with E-state index in [0.29, 0.717) is 19.3 Å². The van der Waals surface area contributed by atoms with Crippen molar-refractivity contribution < 1.29 is 28.6 Å². The Balaban J connectivity index is 4.47. The van der Waals surface area contributed by atoms with E-state index in [2.05, 4.69) is 142 Å². The van der Waals surface area contributed by atoms with Crippen LogP contribution >= 0.6 is 0 Å². The third-order valence-electron chi connectivity index (χ3n) is 11.8. The highest BCUT2D eigenvalue weighted by Gasteiger charge is 2.19. The number of carbonyl (C=O) groups excluding carboxylic acids is 3. The summed E-state index contributed by atoms with van der Waals surface area (Å²) >= 11 is 0. The van der Waals surface area contributed by atoms with E-state index in [1.54, 1.807) is 0 Å². The smallest absolute Gasteiger partial charge is 0.306 e. The lowest BCUT2D eigenvalue weighted by atomic mass is 10.1. The Hall–Kier alpha value is -4.19. The van der Waals surface area contributed by atoms with Crippen LogP contribution < -0.4 is 0 Å². The third-order valence-corrected chi connectivity index (χ3v) is 11.8. The normalized spacial score (nSPS) is 13.0. The summed E-state index contributed by atoms with van der Waals surface area (Å²) in [6, 6.07) is 0. The van der Waals surface area contributed by atoms with E-state index in [9.17, 15) is 14.4 Å². The molecule has 0 aliphatic rings. The van der Waals surface area contributed by atoms with Gasteiger partial charge in [0.2, 0.25) is 0 Å². The van der Waals surface area contributed by atoms with Crippen LogP contribution in [0.25, 0.3) is 0 Å². The number of ether oxygens (including phenoxy) is 3. The second kappa shape index (κ2) is 57.4. The molecule has 0 aromatic carbocycles. The standard InChI is InChI=1S/C64H104O6/c1-4-7-10-13-16-19-22-25-28-30-32-34-36-39-42-45-48-51-54-57-63(66)69-60-61(59-68-62(65)56-53-50-47-44-41-38-35-27-24-21-18-15-12-9-6-3)70-64(67)58-55-52-49-46-43-40-37-33-31-29-26-23-20-17-14-11-8-5-2/h7,9-10,12,15-21,23-26,28-29,31,33,37,61H,4-6,8,11,13-14,22,27,30,32,34-36,38-60H2,1-3H3/b10-7-,12-9-,18-15-,19-16-,20-17-,24-21-,26-23-,28-25-,31-29-,37-33-. The largest absolute Gasteiger partial charge is 0.462 e. The molecule has 1 atom stereocenters. The van der Waals surface area contributed by atoms with Crippen LogP contribution in [0.5, 0.6) is 0 Å². The van der Waals surface area contributed by atoms with Gasteiger partial charge < -0.3 is 14.2 Å². The molecule has 0 aliphatic carbocycles. The molecule has 0 amide bonds. The van der Waals surface area contributed by atoms with E-state index in [1.165, 1.54) is 89.9 Å². The molecule has 0 spiro atoms. The lowest BCUT2D eigenvalue weighted by molar-refractivity contribution is -0.167. The first kappa shape index (κ1) is 65.8. The molecule has 70 heavy (non-hydrogen) atoms. The molecule has 0 heterocycles. The Morgan fingerprint density at radius 2 is 0.629 bits per heavy atom. The number of carbonyl (C=O) groups is 3. The molecule has 0 rings (SSSR count). The Bertz CT molecular complexity index is 1490. The Kier molecular flexibility index (Phi) is 54.0.